The fourth-order valence-corrected chi connectivity index (χ4v) is 4.19. The lowest BCUT2D eigenvalue weighted by Crippen LogP contribution is -2.27. The Morgan fingerprint density at radius 1 is 1.12 bits per heavy atom. The number of nitrogens with two attached hydrogens (primary N) is 1. The molecule has 2 aliphatic rings. The lowest BCUT2D eigenvalue weighted by molar-refractivity contribution is 0.171. The van der Waals surface area contributed by atoms with Gasteiger partial charge in [-0.1, -0.05) is 6.07 Å². The van der Waals surface area contributed by atoms with Crippen molar-refractivity contribution in [1.82, 2.24) is 19.7 Å². The first-order chi connectivity index (χ1) is 12.8. The van der Waals surface area contributed by atoms with Crippen molar-refractivity contribution in [2.75, 3.05) is 6.54 Å². The summed E-state index contributed by atoms with van der Waals surface area (Å²) in [5.74, 6) is 1.41. The standard InChI is InChI=1S/C21H25N5/c22-8-1-3-14-11-17(12-14)26-13-18(19(25-26)16-5-6-16)21-20-15(7-10-24-21)4-2-9-23-20/h2,4,7,9-10,13-14,16-17H,1,3,5-6,8,11-12,22H2. The molecule has 0 radical (unpaired) electrons. The van der Waals surface area contributed by atoms with E-state index in [9.17, 15) is 0 Å². The molecule has 5 nitrogen and oxygen atoms in total. The minimum absolute atomic E-state index is 0.534. The highest BCUT2D eigenvalue weighted by atomic mass is 15.3. The van der Waals surface area contributed by atoms with E-state index in [0.29, 0.717) is 12.0 Å². The van der Waals surface area contributed by atoms with Crippen LogP contribution in [0.25, 0.3) is 22.2 Å². The summed E-state index contributed by atoms with van der Waals surface area (Å²) >= 11 is 0. The van der Waals surface area contributed by atoms with Gasteiger partial charge in [-0.25, -0.2) is 0 Å². The van der Waals surface area contributed by atoms with Crippen LogP contribution in [0, 0.1) is 5.92 Å². The topological polar surface area (TPSA) is 69.6 Å². The van der Waals surface area contributed by atoms with Crippen LogP contribution in [0.1, 0.15) is 56.2 Å². The molecule has 26 heavy (non-hydrogen) atoms. The van der Waals surface area contributed by atoms with Gasteiger partial charge in [0, 0.05) is 35.5 Å². The molecule has 3 aromatic rings. The highest BCUT2D eigenvalue weighted by Crippen LogP contribution is 2.46. The first kappa shape index (κ1) is 15.9. The molecule has 0 saturated heterocycles. The molecule has 5 heteroatoms. The van der Waals surface area contributed by atoms with E-state index in [1.807, 2.05) is 24.5 Å². The zero-order chi connectivity index (χ0) is 17.5. The molecule has 2 aliphatic carbocycles. The van der Waals surface area contributed by atoms with Crippen molar-refractivity contribution in [2.45, 2.75) is 50.5 Å². The average Bonchev–Trinajstić information content (AvgIpc) is 3.40. The smallest absolute Gasteiger partial charge is 0.0999 e. The van der Waals surface area contributed by atoms with Crippen molar-refractivity contribution in [3.63, 3.8) is 0 Å². The molecule has 5 rings (SSSR count). The van der Waals surface area contributed by atoms with E-state index in [0.717, 1.165) is 35.5 Å². The van der Waals surface area contributed by atoms with Gasteiger partial charge in [-0.15, -0.1) is 0 Å². The van der Waals surface area contributed by atoms with Crippen LogP contribution in [0.2, 0.25) is 0 Å². The maximum atomic E-state index is 5.64. The fraction of sp³-hybridized carbons (Fsp3) is 0.476. The second-order valence-electron chi connectivity index (χ2n) is 7.84. The number of hydrogen-bond donors (Lipinski definition) is 1. The molecule has 2 N–H and O–H groups in total. The first-order valence-corrected chi connectivity index (χ1v) is 9.82. The summed E-state index contributed by atoms with van der Waals surface area (Å²) in [5, 5.41) is 6.15. The number of hydrogen-bond acceptors (Lipinski definition) is 4. The predicted octanol–water partition coefficient (Wildman–Crippen LogP) is 4.06. The lowest BCUT2D eigenvalue weighted by Gasteiger charge is -2.35. The van der Waals surface area contributed by atoms with Crippen molar-refractivity contribution >= 4 is 10.9 Å². The third-order valence-electron chi connectivity index (χ3n) is 5.90. The molecule has 134 valence electrons. The second-order valence-corrected chi connectivity index (χ2v) is 7.84. The highest BCUT2D eigenvalue weighted by Gasteiger charge is 2.35. The number of aromatic nitrogens is 4. The minimum Gasteiger partial charge on any atom is -0.330 e. The Morgan fingerprint density at radius 2 is 2.00 bits per heavy atom. The van der Waals surface area contributed by atoms with Gasteiger partial charge in [-0.2, -0.15) is 5.10 Å². The van der Waals surface area contributed by atoms with Crippen LogP contribution in [-0.4, -0.2) is 26.3 Å². The fourth-order valence-electron chi connectivity index (χ4n) is 4.19. The van der Waals surface area contributed by atoms with Gasteiger partial charge in [0.2, 0.25) is 0 Å². The van der Waals surface area contributed by atoms with Gasteiger partial charge in [0.15, 0.2) is 0 Å². The summed E-state index contributed by atoms with van der Waals surface area (Å²) in [6.07, 6.45) is 13.3. The maximum Gasteiger partial charge on any atom is 0.0999 e. The van der Waals surface area contributed by atoms with Gasteiger partial charge < -0.3 is 5.73 Å². The minimum atomic E-state index is 0.534. The van der Waals surface area contributed by atoms with Crippen molar-refractivity contribution in [2.24, 2.45) is 11.7 Å². The van der Waals surface area contributed by atoms with Crippen LogP contribution in [-0.2, 0) is 0 Å². The Balaban J connectivity index is 1.48. The quantitative estimate of drug-likeness (QED) is 0.730. The monoisotopic (exact) mass is 347 g/mol. The van der Waals surface area contributed by atoms with E-state index in [2.05, 4.69) is 21.9 Å². The summed E-state index contributed by atoms with van der Waals surface area (Å²) in [6.45, 7) is 0.804. The molecular formula is C21H25N5. The van der Waals surface area contributed by atoms with Crippen molar-refractivity contribution in [1.29, 1.82) is 0 Å². The van der Waals surface area contributed by atoms with Crippen molar-refractivity contribution in [3.8, 4) is 11.3 Å². The van der Waals surface area contributed by atoms with Crippen LogP contribution in [0.4, 0.5) is 0 Å². The Hall–Kier alpha value is -2.27. The largest absolute Gasteiger partial charge is 0.330 e. The molecular weight excluding hydrogens is 322 g/mol. The van der Waals surface area contributed by atoms with Crippen LogP contribution in [0.3, 0.4) is 0 Å². The maximum absolute atomic E-state index is 5.64. The second kappa shape index (κ2) is 6.47. The molecule has 3 aromatic heterocycles. The molecule has 0 aromatic carbocycles. The van der Waals surface area contributed by atoms with Gasteiger partial charge >= 0.3 is 0 Å². The number of rotatable bonds is 6. The SMILES string of the molecule is NCCCC1CC(n2cc(-c3nccc4cccnc34)c(C3CC3)n2)C1. The van der Waals surface area contributed by atoms with E-state index in [-0.39, 0.29) is 0 Å². The van der Waals surface area contributed by atoms with Crippen LogP contribution in [0.15, 0.2) is 36.8 Å². The predicted molar refractivity (Wildman–Crippen MR) is 103 cm³/mol. The number of fused-ring (bicyclic) bond motifs is 1. The van der Waals surface area contributed by atoms with Crippen LogP contribution in [0.5, 0.6) is 0 Å². The van der Waals surface area contributed by atoms with Crippen LogP contribution < -0.4 is 5.73 Å². The highest BCUT2D eigenvalue weighted by molar-refractivity contribution is 5.91. The lowest BCUT2D eigenvalue weighted by atomic mass is 9.77. The Kier molecular flexibility index (Phi) is 3.97. The molecule has 2 saturated carbocycles. The zero-order valence-electron chi connectivity index (χ0n) is 15.0. The van der Waals surface area contributed by atoms with Gasteiger partial charge in [0.25, 0.3) is 0 Å². The normalized spacial score (nSPS) is 22.5. The third kappa shape index (κ3) is 2.80. The molecule has 0 amide bonds. The van der Waals surface area contributed by atoms with Crippen molar-refractivity contribution in [3.05, 3.63) is 42.5 Å². The summed E-state index contributed by atoms with van der Waals surface area (Å²) in [7, 11) is 0. The van der Waals surface area contributed by atoms with E-state index in [1.54, 1.807) is 0 Å². The summed E-state index contributed by atoms with van der Waals surface area (Å²) < 4.78 is 2.21. The van der Waals surface area contributed by atoms with E-state index in [4.69, 9.17) is 15.8 Å². The molecule has 0 bridgehead atoms. The number of pyridine rings is 2. The summed E-state index contributed by atoms with van der Waals surface area (Å²) in [4.78, 5) is 9.29. The van der Waals surface area contributed by atoms with Gasteiger partial charge in [-0.3, -0.25) is 14.6 Å². The van der Waals surface area contributed by atoms with Gasteiger partial charge in [0.05, 0.1) is 22.9 Å². The van der Waals surface area contributed by atoms with E-state index >= 15 is 0 Å². The third-order valence-corrected chi connectivity index (χ3v) is 5.90. The van der Waals surface area contributed by atoms with E-state index in [1.165, 1.54) is 43.4 Å². The molecule has 3 heterocycles. The number of nitrogens with zero attached hydrogens (tertiary/aromatic N) is 4. The first-order valence-electron chi connectivity index (χ1n) is 9.82. The van der Waals surface area contributed by atoms with Crippen LogP contribution >= 0.6 is 0 Å². The van der Waals surface area contributed by atoms with Gasteiger partial charge in [0.1, 0.15) is 0 Å². The Bertz CT molecular complexity index is 916. The zero-order valence-corrected chi connectivity index (χ0v) is 15.0. The van der Waals surface area contributed by atoms with Crippen molar-refractivity contribution < 1.29 is 0 Å². The molecule has 0 atom stereocenters. The van der Waals surface area contributed by atoms with Gasteiger partial charge in [-0.05, 0) is 63.1 Å². The Labute approximate surface area is 153 Å². The average molecular weight is 347 g/mol. The molecule has 0 unspecified atom stereocenters. The molecule has 0 aliphatic heterocycles. The summed E-state index contributed by atoms with van der Waals surface area (Å²) in [5.41, 5.74) is 10.0. The Morgan fingerprint density at radius 3 is 2.81 bits per heavy atom. The molecule has 0 spiro atoms. The summed E-state index contributed by atoms with van der Waals surface area (Å²) in [6, 6.07) is 6.64. The van der Waals surface area contributed by atoms with E-state index < -0.39 is 0 Å². The molecule has 2 fully saturated rings.